The third-order valence-electron chi connectivity index (χ3n) is 2.69. The van der Waals surface area contributed by atoms with Crippen molar-refractivity contribution in [3.8, 4) is 0 Å². The van der Waals surface area contributed by atoms with Gasteiger partial charge in [0, 0.05) is 0 Å². The van der Waals surface area contributed by atoms with E-state index in [0.29, 0.717) is 0 Å². The van der Waals surface area contributed by atoms with Gasteiger partial charge in [-0.25, -0.2) is 0 Å². The van der Waals surface area contributed by atoms with Gasteiger partial charge in [0.2, 0.25) is 0 Å². The van der Waals surface area contributed by atoms with Crippen LogP contribution in [0.25, 0.3) is 0 Å². The van der Waals surface area contributed by atoms with Gasteiger partial charge in [-0.3, -0.25) is 0 Å². The van der Waals surface area contributed by atoms with Crippen LogP contribution in [0.5, 0.6) is 0 Å². The molecule has 0 spiro atoms. The SMILES string of the molecule is CC=CCCc1ccc(CCC=CC)cc1. The van der Waals surface area contributed by atoms with Crippen LogP contribution in [0.3, 0.4) is 0 Å². The number of hydrogen-bond donors (Lipinski definition) is 0. The summed E-state index contributed by atoms with van der Waals surface area (Å²) in [4.78, 5) is 0. The molecule has 0 radical (unpaired) electrons. The fourth-order valence-corrected chi connectivity index (χ4v) is 1.71. The molecule has 0 saturated heterocycles. The molecule has 0 aliphatic carbocycles. The first-order valence-corrected chi connectivity index (χ1v) is 6.17. The third-order valence-corrected chi connectivity index (χ3v) is 2.69. The zero-order valence-electron chi connectivity index (χ0n) is 10.4. The molecule has 0 aromatic heterocycles. The van der Waals surface area contributed by atoms with Crippen molar-refractivity contribution in [2.24, 2.45) is 0 Å². The highest BCUT2D eigenvalue weighted by atomic mass is 14.0. The largest absolute Gasteiger partial charge is 0.0917 e. The van der Waals surface area contributed by atoms with Crippen LogP contribution in [0, 0.1) is 0 Å². The average Bonchev–Trinajstić information content (AvgIpc) is 2.32. The van der Waals surface area contributed by atoms with Gasteiger partial charge in [0.05, 0.1) is 0 Å². The summed E-state index contributed by atoms with van der Waals surface area (Å²) < 4.78 is 0. The van der Waals surface area contributed by atoms with Crippen LogP contribution in [0.4, 0.5) is 0 Å². The molecule has 0 heteroatoms. The molecule has 0 bridgehead atoms. The monoisotopic (exact) mass is 214 g/mol. The molecule has 0 amide bonds. The number of allylic oxidation sites excluding steroid dienone is 4. The fraction of sp³-hybridized carbons (Fsp3) is 0.375. The molecule has 0 aliphatic rings. The average molecular weight is 214 g/mol. The highest BCUT2D eigenvalue weighted by molar-refractivity contribution is 5.23. The molecule has 0 nitrogen and oxygen atoms in total. The van der Waals surface area contributed by atoms with Crippen molar-refractivity contribution in [3.63, 3.8) is 0 Å². The van der Waals surface area contributed by atoms with Gasteiger partial charge < -0.3 is 0 Å². The molecule has 0 atom stereocenters. The van der Waals surface area contributed by atoms with Crippen molar-refractivity contribution in [2.45, 2.75) is 39.5 Å². The molecule has 0 unspecified atom stereocenters. The fourth-order valence-electron chi connectivity index (χ4n) is 1.71. The van der Waals surface area contributed by atoms with Crippen molar-refractivity contribution >= 4 is 0 Å². The topological polar surface area (TPSA) is 0 Å². The van der Waals surface area contributed by atoms with E-state index in [1.54, 1.807) is 0 Å². The van der Waals surface area contributed by atoms with Crippen LogP contribution in [0.15, 0.2) is 48.6 Å². The predicted octanol–water partition coefficient (Wildman–Crippen LogP) is 4.70. The molecule has 0 fully saturated rings. The van der Waals surface area contributed by atoms with E-state index in [-0.39, 0.29) is 0 Å². The van der Waals surface area contributed by atoms with E-state index in [0.717, 1.165) is 25.7 Å². The molecule has 0 aliphatic heterocycles. The van der Waals surface area contributed by atoms with E-state index in [4.69, 9.17) is 0 Å². The van der Waals surface area contributed by atoms with Crippen LogP contribution in [-0.2, 0) is 12.8 Å². The summed E-state index contributed by atoms with van der Waals surface area (Å²) in [5, 5.41) is 0. The lowest BCUT2D eigenvalue weighted by molar-refractivity contribution is 0.975. The van der Waals surface area contributed by atoms with Crippen LogP contribution < -0.4 is 0 Å². The molecule has 0 N–H and O–H groups in total. The Morgan fingerprint density at radius 1 is 0.750 bits per heavy atom. The Hall–Kier alpha value is -1.30. The second-order valence-corrected chi connectivity index (χ2v) is 4.03. The Balaban J connectivity index is 2.41. The highest BCUT2D eigenvalue weighted by Crippen LogP contribution is 2.09. The van der Waals surface area contributed by atoms with Gasteiger partial charge in [-0.1, -0.05) is 48.6 Å². The van der Waals surface area contributed by atoms with Crippen molar-refractivity contribution in [1.82, 2.24) is 0 Å². The summed E-state index contributed by atoms with van der Waals surface area (Å²) in [6.07, 6.45) is 13.3. The van der Waals surface area contributed by atoms with Crippen molar-refractivity contribution < 1.29 is 0 Å². The van der Waals surface area contributed by atoms with Gasteiger partial charge in [-0.15, -0.1) is 0 Å². The molecule has 0 saturated carbocycles. The zero-order chi connectivity index (χ0) is 11.6. The van der Waals surface area contributed by atoms with Crippen LogP contribution in [0.2, 0.25) is 0 Å². The minimum Gasteiger partial charge on any atom is -0.0917 e. The van der Waals surface area contributed by atoms with E-state index in [1.165, 1.54) is 11.1 Å². The lowest BCUT2D eigenvalue weighted by Crippen LogP contribution is -1.87. The standard InChI is InChI=1S/C16H22/c1-3-5-7-9-15-11-13-16(14-12-15)10-8-6-4-2/h3-6,11-14H,7-10H2,1-2H3. The minimum atomic E-state index is 1.15. The summed E-state index contributed by atoms with van der Waals surface area (Å²) in [7, 11) is 0. The first-order chi connectivity index (χ1) is 7.86. The molecular formula is C16H22. The maximum atomic E-state index is 2.26. The Morgan fingerprint density at radius 3 is 1.44 bits per heavy atom. The second-order valence-electron chi connectivity index (χ2n) is 4.03. The molecule has 1 aromatic rings. The van der Waals surface area contributed by atoms with E-state index in [9.17, 15) is 0 Å². The molecule has 16 heavy (non-hydrogen) atoms. The number of aryl methyl sites for hydroxylation is 2. The minimum absolute atomic E-state index is 1.15. The molecular weight excluding hydrogens is 192 g/mol. The molecule has 0 heterocycles. The zero-order valence-corrected chi connectivity index (χ0v) is 10.4. The maximum absolute atomic E-state index is 2.26. The molecule has 1 aromatic carbocycles. The van der Waals surface area contributed by atoms with E-state index in [2.05, 4.69) is 62.4 Å². The van der Waals surface area contributed by atoms with E-state index >= 15 is 0 Å². The summed E-state index contributed by atoms with van der Waals surface area (Å²) in [6.45, 7) is 4.15. The van der Waals surface area contributed by atoms with Crippen LogP contribution in [-0.4, -0.2) is 0 Å². The summed E-state index contributed by atoms with van der Waals surface area (Å²) in [5.74, 6) is 0. The van der Waals surface area contributed by atoms with Gasteiger partial charge >= 0.3 is 0 Å². The van der Waals surface area contributed by atoms with Gasteiger partial charge in [-0.05, 0) is 50.7 Å². The lowest BCUT2D eigenvalue weighted by Gasteiger charge is -2.01. The Kier molecular flexibility index (Phi) is 6.32. The number of rotatable bonds is 6. The summed E-state index contributed by atoms with van der Waals surface area (Å²) >= 11 is 0. The van der Waals surface area contributed by atoms with Crippen molar-refractivity contribution in [3.05, 3.63) is 59.7 Å². The predicted molar refractivity (Wildman–Crippen MR) is 72.7 cm³/mol. The van der Waals surface area contributed by atoms with Crippen LogP contribution in [0.1, 0.15) is 37.8 Å². The lowest BCUT2D eigenvalue weighted by atomic mass is 10.0. The smallest absolute Gasteiger partial charge is 0.0244 e. The Bertz CT molecular complexity index is 293. The maximum Gasteiger partial charge on any atom is -0.0244 e. The number of hydrogen-bond acceptors (Lipinski definition) is 0. The number of benzene rings is 1. The highest BCUT2D eigenvalue weighted by Gasteiger charge is 1.93. The van der Waals surface area contributed by atoms with Crippen molar-refractivity contribution in [1.29, 1.82) is 0 Å². The first-order valence-electron chi connectivity index (χ1n) is 6.17. The molecule has 1 rings (SSSR count). The Morgan fingerprint density at radius 2 is 1.12 bits per heavy atom. The third kappa shape index (κ3) is 4.97. The quantitative estimate of drug-likeness (QED) is 0.602. The van der Waals surface area contributed by atoms with Crippen molar-refractivity contribution in [2.75, 3.05) is 0 Å². The second kappa shape index (κ2) is 7.92. The van der Waals surface area contributed by atoms with Gasteiger partial charge in [0.1, 0.15) is 0 Å². The summed E-state index contributed by atoms with van der Waals surface area (Å²) in [5.41, 5.74) is 2.88. The van der Waals surface area contributed by atoms with Gasteiger partial charge in [0.25, 0.3) is 0 Å². The Labute approximate surface area is 99.7 Å². The van der Waals surface area contributed by atoms with E-state index < -0.39 is 0 Å². The van der Waals surface area contributed by atoms with Gasteiger partial charge in [-0.2, -0.15) is 0 Å². The van der Waals surface area contributed by atoms with Gasteiger partial charge in [0.15, 0.2) is 0 Å². The van der Waals surface area contributed by atoms with Crippen LogP contribution >= 0.6 is 0 Å². The van der Waals surface area contributed by atoms with E-state index in [1.807, 2.05) is 0 Å². The molecule has 86 valence electrons. The summed E-state index contributed by atoms with van der Waals surface area (Å²) in [6, 6.07) is 9.03. The normalized spacial score (nSPS) is 11.6. The first kappa shape index (κ1) is 12.8.